The molecule has 4 aliphatic rings. The summed E-state index contributed by atoms with van der Waals surface area (Å²) in [6, 6.07) is 0. The number of allylic oxidation sites excluding steroid dienone is 2. The molecule has 0 spiro atoms. The number of esters is 2. The Kier molecular flexibility index (Phi) is 8.32. The van der Waals surface area contributed by atoms with E-state index in [1.54, 1.807) is 0 Å². The Bertz CT molecular complexity index is 881. The van der Waals surface area contributed by atoms with Gasteiger partial charge in [-0.15, -0.1) is 0 Å². The van der Waals surface area contributed by atoms with Crippen molar-refractivity contribution in [1.82, 2.24) is 10.6 Å². The minimum Gasteiger partial charge on any atom is -0.497 e. The van der Waals surface area contributed by atoms with Crippen LogP contribution < -0.4 is 10.6 Å². The zero-order chi connectivity index (χ0) is 27.9. The molecule has 38 heavy (non-hydrogen) atoms. The molecule has 1 unspecified atom stereocenters. The summed E-state index contributed by atoms with van der Waals surface area (Å²) in [5.41, 5.74) is -0.204. The van der Waals surface area contributed by atoms with Crippen molar-refractivity contribution in [2.45, 2.75) is 148 Å². The Morgan fingerprint density at radius 2 is 1.13 bits per heavy atom. The summed E-state index contributed by atoms with van der Waals surface area (Å²) in [7, 11) is 0. The predicted octanol–water partition coefficient (Wildman–Crippen LogP) is 5.42. The van der Waals surface area contributed by atoms with Crippen LogP contribution in [0.3, 0.4) is 0 Å². The van der Waals surface area contributed by atoms with E-state index in [1.165, 1.54) is 0 Å². The standard InChI is InChI=1S/C31H52N2O5/c1-28(2)15-23(16-29(3,4)32-28)37-26(34)21-11-9-20(10-12-21)25-14-13-22(19-36-25)27(35)38-24-17-30(5,6)33-31(7,8)18-24/h14,20-24,32-33H,9-13,15-19H2,1-8H3. The second-order valence-corrected chi connectivity index (χ2v) is 15.1. The smallest absolute Gasteiger partial charge is 0.313 e. The van der Waals surface area contributed by atoms with Gasteiger partial charge < -0.3 is 24.8 Å². The van der Waals surface area contributed by atoms with Crippen molar-refractivity contribution in [3.8, 4) is 0 Å². The average molecular weight is 533 g/mol. The zero-order valence-corrected chi connectivity index (χ0v) is 25.1. The second kappa shape index (κ2) is 10.8. The van der Waals surface area contributed by atoms with E-state index < -0.39 is 0 Å². The van der Waals surface area contributed by atoms with E-state index in [-0.39, 0.29) is 58.1 Å². The summed E-state index contributed by atoms with van der Waals surface area (Å²) >= 11 is 0. The Morgan fingerprint density at radius 3 is 1.53 bits per heavy atom. The van der Waals surface area contributed by atoms with Gasteiger partial charge in [0.15, 0.2) is 0 Å². The summed E-state index contributed by atoms with van der Waals surface area (Å²) < 4.78 is 18.1. The SMILES string of the molecule is CC1(C)CC(OC(=O)C2CCC(C3=CCC(C(=O)OC4CC(C)(C)NC(C)(C)C4)CO3)CC2)CC(C)(C)N1. The number of nitrogens with one attached hydrogen (secondary N) is 2. The van der Waals surface area contributed by atoms with Crippen LogP contribution >= 0.6 is 0 Å². The molecule has 7 heteroatoms. The van der Waals surface area contributed by atoms with Crippen LogP contribution in [0.1, 0.15) is 113 Å². The lowest BCUT2D eigenvalue weighted by Crippen LogP contribution is -2.60. The molecule has 216 valence electrons. The highest BCUT2D eigenvalue weighted by atomic mass is 16.6. The number of piperidine rings is 2. The number of rotatable bonds is 5. The first-order valence-corrected chi connectivity index (χ1v) is 14.8. The van der Waals surface area contributed by atoms with E-state index in [2.05, 4.69) is 72.1 Å². The fraction of sp³-hybridized carbons (Fsp3) is 0.871. The quantitative estimate of drug-likeness (QED) is 0.458. The normalized spacial score (nSPS) is 32.9. The molecule has 4 rings (SSSR count). The lowest BCUT2D eigenvalue weighted by atomic mass is 9.79. The summed E-state index contributed by atoms with van der Waals surface area (Å²) in [6.07, 6.45) is 9.46. The minimum atomic E-state index is -0.246. The first-order valence-electron chi connectivity index (χ1n) is 14.8. The van der Waals surface area contributed by atoms with Crippen molar-refractivity contribution in [3.05, 3.63) is 11.8 Å². The molecular weight excluding hydrogens is 480 g/mol. The van der Waals surface area contributed by atoms with E-state index in [0.717, 1.165) is 57.1 Å². The Hall–Kier alpha value is -1.60. The predicted molar refractivity (Wildman–Crippen MR) is 148 cm³/mol. The largest absolute Gasteiger partial charge is 0.497 e. The molecule has 3 aliphatic heterocycles. The minimum absolute atomic E-state index is 0.0299. The fourth-order valence-corrected chi connectivity index (χ4v) is 7.79. The molecule has 0 aromatic carbocycles. The highest BCUT2D eigenvalue weighted by Gasteiger charge is 2.42. The zero-order valence-electron chi connectivity index (χ0n) is 25.1. The third-order valence-corrected chi connectivity index (χ3v) is 8.72. The van der Waals surface area contributed by atoms with Crippen LogP contribution in [-0.2, 0) is 23.8 Å². The van der Waals surface area contributed by atoms with E-state index in [1.807, 2.05) is 0 Å². The van der Waals surface area contributed by atoms with Gasteiger partial charge in [-0.25, -0.2) is 0 Å². The molecule has 0 aromatic rings. The van der Waals surface area contributed by atoms with Gasteiger partial charge in [0, 0.05) is 53.8 Å². The number of carbonyl (C=O) groups excluding carboxylic acids is 2. The number of carbonyl (C=O) groups is 2. The topological polar surface area (TPSA) is 85.9 Å². The number of hydrogen-bond donors (Lipinski definition) is 2. The molecular formula is C31H52N2O5. The third kappa shape index (κ3) is 7.74. The average Bonchev–Trinajstić information content (AvgIpc) is 2.75. The highest BCUT2D eigenvalue weighted by molar-refractivity contribution is 5.73. The van der Waals surface area contributed by atoms with Gasteiger partial charge in [-0.3, -0.25) is 9.59 Å². The first kappa shape index (κ1) is 29.4. The van der Waals surface area contributed by atoms with Crippen LogP contribution in [0.15, 0.2) is 11.8 Å². The van der Waals surface area contributed by atoms with E-state index in [0.29, 0.717) is 18.9 Å². The van der Waals surface area contributed by atoms with Crippen molar-refractivity contribution in [2.75, 3.05) is 6.61 Å². The maximum absolute atomic E-state index is 13.0. The van der Waals surface area contributed by atoms with Crippen LogP contribution in [0.4, 0.5) is 0 Å². The molecule has 2 N–H and O–H groups in total. The first-order chi connectivity index (χ1) is 17.5. The van der Waals surface area contributed by atoms with Crippen LogP contribution in [0.25, 0.3) is 0 Å². The molecule has 7 nitrogen and oxygen atoms in total. The summed E-state index contributed by atoms with van der Waals surface area (Å²) in [6.45, 7) is 17.7. The molecule has 3 fully saturated rings. The molecule has 0 radical (unpaired) electrons. The molecule has 0 amide bonds. The van der Waals surface area contributed by atoms with Crippen LogP contribution in [0, 0.1) is 17.8 Å². The Labute approximate surface area is 230 Å². The van der Waals surface area contributed by atoms with Crippen molar-refractivity contribution in [3.63, 3.8) is 0 Å². The van der Waals surface area contributed by atoms with Gasteiger partial charge in [0.25, 0.3) is 0 Å². The fourth-order valence-electron chi connectivity index (χ4n) is 7.79. The van der Waals surface area contributed by atoms with Gasteiger partial charge >= 0.3 is 11.9 Å². The Balaban J connectivity index is 1.22. The number of hydrogen-bond acceptors (Lipinski definition) is 7. The molecule has 1 atom stereocenters. The van der Waals surface area contributed by atoms with Crippen LogP contribution in [0.5, 0.6) is 0 Å². The lowest BCUT2D eigenvalue weighted by Gasteiger charge is -2.46. The summed E-state index contributed by atoms with van der Waals surface area (Å²) in [5, 5.41) is 7.29. The second-order valence-electron chi connectivity index (χ2n) is 15.1. The lowest BCUT2D eigenvalue weighted by molar-refractivity contribution is -0.161. The van der Waals surface area contributed by atoms with Crippen molar-refractivity contribution in [1.29, 1.82) is 0 Å². The summed E-state index contributed by atoms with van der Waals surface area (Å²) in [5.74, 6) is 0.857. The molecule has 0 bridgehead atoms. The van der Waals surface area contributed by atoms with E-state index in [9.17, 15) is 9.59 Å². The van der Waals surface area contributed by atoms with Gasteiger partial charge in [-0.1, -0.05) is 0 Å². The van der Waals surface area contributed by atoms with E-state index >= 15 is 0 Å². The van der Waals surface area contributed by atoms with Gasteiger partial charge in [0.05, 0.1) is 17.6 Å². The molecule has 3 heterocycles. The van der Waals surface area contributed by atoms with E-state index in [4.69, 9.17) is 14.2 Å². The Morgan fingerprint density at radius 1 is 0.711 bits per heavy atom. The molecule has 1 aliphatic carbocycles. The van der Waals surface area contributed by atoms with Crippen molar-refractivity contribution >= 4 is 11.9 Å². The van der Waals surface area contributed by atoms with Gasteiger partial charge in [-0.05, 0) is 93.6 Å². The van der Waals surface area contributed by atoms with Gasteiger partial charge in [-0.2, -0.15) is 0 Å². The third-order valence-electron chi connectivity index (χ3n) is 8.72. The molecule has 1 saturated carbocycles. The van der Waals surface area contributed by atoms with Crippen molar-refractivity contribution in [2.24, 2.45) is 17.8 Å². The van der Waals surface area contributed by atoms with Crippen molar-refractivity contribution < 1.29 is 23.8 Å². The monoisotopic (exact) mass is 532 g/mol. The molecule has 0 aromatic heterocycles. The highest BCUT2D eigenvalue weighted by Crippen LogP contribution is 2.38. The van der Waals surface area contributed by atoms with Gasteiger partial charge in [0.1, 0.15) is 18.8 Å². The summed E-state index contributed by atoms with van der Waals surface area (Å²) in [4.78, 5) is 25.9. The van der Waals surface area contributed by atoms with Crippen LogP contribution in [0.2, 0.25) is 0 Å². The van der Waals surface area contributed by atoms with Crippen LogP contribution in [-0.4, -0.2) is 52.9 Å². The molecule has 2 saturated heterocycles. The maximum Gasteiger partial charge on any atom is 0.313 e. The van der Waals surface area contributed by atoms with Gasteiger partial charge in [0.2, 0.25) is 0 Å². The maximum atomic E-state index is 13.0. The number of ether oxygens (including phenoxy) is 3.